The molecule has 0 amide bonds. The van der Waals surface area contributed by atoms with E-state index in [9.17, 15) is 0 Å². The van der Waals surface area contributed by atoms with E-state index in [1.54, 1.807) is 18.5 Å². The fraction of sp³-hybridized carbons (Fsp3) is 0.200. The molecule has 90 valence electrons. The van der Waals surface area contributed by atoms with Gasteiger partial charge < -0.3 is 5.21 Å². The molecule has 2 heterocycles. The Hall–Kier alpha value is -1.53. The minimum atomic E-state index is 0. The molecule has 7 heteroatoms. The van der Waals surface area contributed by atoms with Crippen molar-refractivity contribution in [3.8, 4) is 0 Å². The molecule has 0 saturated heterocycles. The molecule has 17 heavy (non-hydrogen) atoms. The van der Waals surface area contributed by atoms with Crippen LogP contribution in [0.15, 0.2) is 29.0 Å². The summed E-state index contributed by atoms with van der Waals surface area (Å²) in [4.78, 5) is 12.5. The number of aromatic nitrogens is 3. The van der Waals surface area contributed by atoms with Crippen LogP contribution in [0.25, 0.3) is 0 Å². The molecule has 0 aliphatic rings. The summed E-state index contributed by atoms with van der Waals surface area (Å²) in [5, 5.41) is 14.1. The number of halogens is 1. The molecule has 5 nitrogen and oxygen atoms in total. The Labute approximate surface area is 109 Å². The lowest BCUT2D eigenvalue weighted by molar-refractivity contribution is 0.321. The van der Waals surface area contributed by atoms with Crippen LogP contribution in [-0.2, 0) is 12.8 Å². The zero-order valence-corrected chi connectivity index (χ0v) is 10.5. The second-order valence-electron chi connectivity index (χ2n) is 3.08. The molecule has 2 aromatic heterocycles. The van der Waals surface area contributed by atoms with Gasteiger partial charge in [0.25, 0.3) is 0 Å². The van der Waals surface area contributed by atoms with Crippen molar-refractivity contribution < 1.29 is 5.21 Å². The normalized spacial score (nSPS) is 10.4. The van der Waals surface area contributed by atoms with Crippen molar-refractivity contribution >= 4 is 30.0 Å². The molecule has 0 saturated carbocycles. The first kappa shape index (κ1) is 13.5. The third-order valence-corrected chi connectivity index (χ3v) is 2.87. The Kier molecular flexibility index (Phi) is 5.51. The predicted molar refractivity (Wildman–Crippen MR) is 68.2 cm³/mol. The highest BCUT2D eigenvalue weighted by Gasteiger charge is 2.02. The highest BCUT2D eigenvalue weighted by molar-refractivity contribution is 7.09. The third kappa shape index (κ3) is 4.08. The third-order valence-electron chi connectivity index (χ3n) is 1.94. The summed E-state index contributed by atoms with van der Waals surface area (Å²) in [5.41, 5.74) is 0.677. The van der Waals surface area contributed by atoms with Gasteiger partial charge in [-0.3, -0.25) is 0 Å². The van der Waals surface area contributed by atoms with E-state index in [1.807, 2.05) is 5.38 Å². The Balaban J connectivity index is 0.00000144. The number of rotatable bonds is 4. The largest absolute Gasteiger partial charge is 0.411 e. The zero-order valence-electron chi connectivity index (χ0n) is 8.85. The van der Waals surface area contributed by atoms with Crippen LogP contribution < -0.4 is 0 Å². The van der Waals surface area contributed by atoms with Crippen LogP contribution in [-0.4, -0.2) is 26.4 Å². The summed E-state index contributed by atoms with van der Waals surface area (Å²) in [7, 11) is 0. The Morgan fingerprint density at radius 3 is 2.76 bits per heavy atom. The molecule has 0 fully saturated rings. The predicted octanol–water partition coefficient (Wildman–Crippen LogP) is 1.95. The van der Waals surface area contributed by atoms with Gasteiger partial charge in [0, 0.05) is 30.6 Å². The summed E-state index contributed by atoms with van der Waals surface area (Å²) in [6.45, 7) is 0. The van der Waals surface area contributed by atoms with Gasteiger partial charge in [-0.15, -0.1) is 23.7 Å². The van der Waals surface area contributed by atoms with Gasteiger partial charge in [0.2, 0.25) is 0 Å². The first-order valence-corrected chi connectivity index (χ1v) is 5.64. The van der Waals surface area contributed by atoms with Gasteiger partial charge >= 0.3 is 0 Å². The van der Waals surface area contributed by atoms with E-state index in [0.717, 1.165) is 23.7 Å². The lowest BCUT2D eigenvalue weighted by Crippen LogP contribution is -1.96. The summed E-state index contributed by atoms with van der Waals surface area (Å²) in [5.74, 6) is 0.815. The number of aryl methyl sites for hydroxylation is 2. The smallest absolute Gasteiger partial charge is 0.128 e. The Bertz CT molecular complexity index is 474. The molecule has 0 radical (unpaired) electrons. The van der Waals surface area contributed by atoms with Gasteiger partial charge in [-0.25, -0.2) is 15.0 Å². The maximum absolute atomic E-state index is 8.35. The molecule has 0 atom stereocenters. The number of oxime groups is 1. The monoisotopic (exact) mass is 270 g/mol. The summed E-state index contributed by atoms with van der Waals surface area (Å²) in [6, 6.07) is 1.79. The highest BCUT2D eigenvalue weighted by Crippen LogP contribution is 2.10. The van der Waals surface area contributed by atoms with Crippen molar-refractivity contribution in [1.82, 2.24) is 15.0 Å². The quantitative estimate of drug-likeness (QED) is 0.524. The minimum Gasteiger partial charge on any atom is -0.411 e. The number of nitrogens with zero attached hydrogens (tertiary/aromatic N) is 4. The molecule has 0 aliphatic heterocycles. The lowest BCUT2D eigenvalue weighted by atomic mass is 10.3. The molecule has 2 aromatic rings. The summed E-state index contributed by atoms with van der Waals surface area (Å²) >= 11 is 1.54. The molecule has 0 bridgehead atoms. The second-order valence-corrected chi connectivity index (χ2v) is 4.02. The van der Waals surface area contributed by atoms with Gasteiger partial charge in [-0.2, -0.15) is 0 Å². The molecule has 0 unspecified atom stereocenters. The fourth-order valence-corrected chi connectivity index (χ4v) is 1.98. The topological polar surface area (TPSA) is 71.3 Å². The van der Waals surface area contributed by atoms with E-state index in [0.29, 0.717) is 5.69 Å². The summed E-state index contributed by atoms with van der Waals surface area (Å²) in [6.07, 6.45) is 6.35. The van der Waals surface area contributed by atoms with Crippen LogP contribution in [0.2, 0.25) is 0 Å². The number of thiazole rings is 1. The van der Waals surface area contributed by atoms with Crippen molar-refractivity contribution in [1.29, 1.82) is 0 Å². The van der Waals surface area contributed by atoms with Crippen molar-refractivity contribution in [2.45, 2.75) is 12.8 Å². The van der Waals surface area contributed by atoms with Crippen molar-refractivity contribution in [2.24, 2.45) is 5.16 Å². The molecule has 0 spiro atoms. The summed E-state index contributed by atoms with van der Waals surface area (Å²) < 4.78 is 0. The molecule has 1 N–H and O–H groups in total. The highest BCUT2D eigenvalue weighted by atomic mass is 35.5. The minimum absolute atomic E-state index is 0. The fourth-order valence-electron chi connectivity index (χ4n) is 1.24. The van der Waals surface area contributed by atoms with E-state index in [1.165, 1.54) is 17.6 Å². The van der Waals surface area contributed by atoms with E-state index in [-0.39, 0.29) is 12.4 Å². The zero-order chi connectivity index (χ0) is 11.2. The van der Waals surface area contributed by atoms with E-state index in [4.69, 9.17) is 5.21 Å². The molecule has 0 aliphatic carbocycles. The van der Waals surface area contributed by atoms with Crippen molar-refractivity contribution in [2.75, 3.05) is 0 Å². The van der Waals surface area contributed by atoms with Crippen molar-refractivity contribution in [3.05, 3.63) is 40.4 Å². The van der Waals surface area contributed by atoms with E-state index < -0.39 is 0 Å². The van der Waals surface area contributed by atoms with E-state index in [2.05, 4.69) is 20.1 Å². The van der Waals surface area contributed by atoms with Crippen LogP contribution in [0.1, 0.15) is 16.5 Å². The van der Waals surface area contributed by atoms with Crippen LogP contribution in [0.4, 0.5) is 0 Å². The number of hydrogen-bond donors (Lipinski definition) is 1. The van der Waals surface area contributed by atoms with Gasteiger partial charge in [0.05, 0.1) is 16.9 Å². The van der Waals surface area contributed by atoms with Crippen LogP contribution >= 0.6 is 23.7 Å². The van der Waals surface area contributed by atoms with Gasteiger partial charge in [-0.05, 0) is 6.07 Å². The number of hydrogen-bond acceptors (Lipinski definition) is 6. The molecular formula is C10H11ClN4OS. The van der Waals surface area contributed by atoms with Gasteiger partial charge in [0.1, 0.15) is 5.82 Å². The van der Waals surface area contributed by atoms with E-state index >= 15 is 0 Å². The SMILES string of the molecule is Cl.O/N=C\c1csc(CCc2ncccn2)n1. The lowest BCUT2D eigenvalue weighted by Gasteiger charge is -1.95. The first-order chi connectivity index (χ1) is 7.88. The van der Waals surface area contributed by atoms with Crippen LogP contribution in [0.5, 0.6) is 0 Å². The maximum Gasteiger partial charge on any atom is 0.128 e. The molecular weight excluding hydrogens is 260 g/mol. The molecule has 0 aromatic carbocycles. The first-order valence-electron chi connectivity index (χ1n) is 4.76. The Morgan fingerprint density at radius 1 is 1.29 bits per heavy atom. The standard InChI is InChI=1S/C10H10N4OS.ClH/c15-13-6-8-7-16-10(14-8)3-2-9-11-4-1-5-12-9;/h1,4-7,15H,2-3H2;1H/b13-6-;. The van der Waals surface area contributed by atoms with Gasteiger partial charge in [0.15, 0.2) is 0 Å². The van der Waals surface area contributed by atoms with Crippen molar-refractivity contribution in [3.63, 3.8) is 0 Å². The second kappa shape index (κ2) is 6.93. The average molecular weight is 271 g/mol. The van der Waals surface area contributed by atoms with Crippen LogP contribution in [0.3, 0.4) is 0 Å². The Morgan fingerprint density at radius 2 is 2.06 bits per heavy atom. The molecule has 2 rings (SSSR count). The van der Waals surface area contributed by atoms with Crippen LogP contribution in [0, 0.1) is 0 Å². The average Bonchev–Trinajstić information content (AvgIpc) is 2.76. The maximum atomic E-state index is 8.35. The van der Waals surface area contributed by atoms with Gasteiger partial charge in [-0.1, -0.05) is 5.16 Å².